The van der Waals surface area contributed by atoms with E-state index in [1.807, 2.05) is 0 Å². The molecule has 0 aromatic heterocycles. The molecule has 0 bridgehead atoms. The van der Waals surface area contributed by atoms with Crippen LogP contribution in [0.3, 0.4) is 0 Å². The summed E-state index contributed by atoms with van der Waals surface area (Å²) in [4.78, 5) is 30.1. The molecule has 0 aliphatic carbocycles. The summed E-state index contributed by atoms with van der Waals surface area (Å²) in [5, 5.41) is 12.1. The number of likely N-dealkylation sites (N-methyl/N-ethyl adjacent to an activating group) is 1. The van der Waals surface area contributed by atoms with Crippen molar-refractivity contribution >= 4 is 39.3 Å². The number of amides is 2. The second-order valence-electron chi connectivity index (χ2n) is 7.69. The van der Waals surface area contributed by atoms with Crippen LogP contribution < -0.4 is 5.32 Å². The number of amidine groups is 1. The smallest absolute Gasteiger partial charge is 0.413 e. The molecule has 0 unspecified atom stereocenters. The van der Waals surface area contributed by atoms with Gasteiger partial charge in [0.25, 0.3) is 0 Å². The van der Waals surface area contributed by atoms with Crippen LogP contribution >= 0.6 is 11.6 Å². The minimum Gasteiger partial charge on any atom is -0.465 e. The van der Waals surface area contributed by atoms with E-state index in [4.69, 9.17) is 11.6 Å². The van der Waals surface area contributed by atoms with Crippen LogP contribution in [0.4, 0.5) is 9.18 Å². The highest BCUT2D eigenvalue weighted by molar-refractivity contribution is 7.91. The van der Waals surface area contributed by atoms with Gasteiger partial charge in [-0.05, 0) is 18.2 Å². The molecule has 0 spiro atoms. The number of carbonyl (C=O) groups is 2. The molecule has 0 radical (unpaired) electrons. The molecule has 9 nitrogen and oxygen atoms in total. The number of sulfone groups is 1. The Morgan fingerprint density at radius 3 is 2.71 bits per heavy atom. The maximum Gasteiger partial charge on any atom is 0.413 e. The normalized spacial score (nSPS) is 13.8. The van der Waals surface area contributed by atoms with Crippen LogP contribution in [-0.2, 0) is 21.2 Å². The van der Waals surface area contributed by atoms with Crippen molar-refractivity contribution in [1.29, 1.82) is 0 Å². The molecule has 2 aromatic carbocycles. The molecule has 12 heteroatoms. The van der Waals surface area contributed by atoms with Crippen LogP contribution in [0, 0.1) is 5.82 Å². The highest BCUT2D eigenvalue weighted by Gasteiger charge is 2.25. The first kappa shape index (κ1) is 26.3. The third-order valence-corrected chi connectivity index (χ3v) is 7.21. The van der Waals surface area contributed by atoms with Gasteiger partial charge in [0, 0.05) is 37.3 Å². The van der Waals surface area contributed by atoms with Crippen LogP contribution in [0.5, 0.6) is 0 Å². The van der Waals surface area contributed by atoms with Crippen molar-refractivity contribution in [3.05, 3.63) is 76.6 Å². The number of aliphatic imine (C=N–C) groups is 1. The SMILES string of the molecule is CN(Cc1ccc(C2=NCCN2C(=O)O)cc1F)C(=O)/C=C/CNCS(=O)(=O)c1ccccc1Cl. The molecule has 1 aliphatic rings. The van der Waals surface area contributed by atoms with Crippen molar-refractivity contribution in [2.75, 3.05) is 32.6 Å². The third kappa shape index (κ3) is 6.65. The van der Waals surface area contributed by atoms with Crippen molar-refractivity contribution in [2.24, 2.45) is 4.99 Å². The lowest BCUT2D eigenvalue weighted by atomic mass is 10.1. The predicted molar refractivity (Wildman–Crippen MR) is 130 cm³/mol. The van der Waals surface area contributed by atoms with Gasteiger partial charge in [0.15, 0.2) is 9.84 Å². The molecule has 1 aliphatic heterocycles. The molecule has 0 fully saturated rings. The monoisotopic (exact) mass is 522 g/mol. The average molecular weight is 523 g/mol. The molecule has 35 heavy (non-hydrogen) atoms. The summed E-state index contributed by atoms with van der Waals surface area (Å²) in [6.07, 6.45) is 1.58. The topological polar surface area (TPSA) is 119 Å². The van der Waals surface area contributed by atoms with E-state index < -0.39 is 27.7 Å². The second-order valence-corrected chi connectivity index (χ2v) is 10.1. The highest BCUT2D eigenvalue weighted by atomic mass is 35.5. The number of carboxylic acid groups (broad SMARTS) is 1. The minimum absolute atomic E-state index is 0.0152. The van der Waals surface area contributed by atoms with E-state index >= 15 is 0 Å². The molecule has 186 valence electrons. The van der Waals surface area contributed by atoms with Crippen LogP contribution in [-0.4, -0.2) is 73.7 Å². The van der Waals surface area contributed by atoms with Gasteiger partial charge in [0.1, 0.15) is 17.5 Å². The fraction of sp³-hybridized carbons (Fsp3) is 0.261. The molecule has 2 aromatic rings. The number of carbonyl (C=O) groups excluding carboxylic acids is 1. The van der Waals surface area contributed by atoms with Crippen molar-refractivity contribution in [1.82, 2.24) is 15.1 Å². The van der Waals surface area contributed by atoms with Crippen molar-refractivity contribution in [3.63, 3.8) is 0 Å². The maximum atomic E-state index is 14.6. The lowest BCUT2D eigenvalue weighted by Gasteiger charge is -2.17. The molecule has 0 saturated carbocycles. The lowest BCUT2D eigenvalue weighted by molar-refractivity contribution is -0.125. The highest BCUT2D eigenvalue weighted by Crippen LogP contribution is 2.21. The lowest BCUT2D eigenvalue weighted by Crippen LogP contribution is -2.33. The molecular formula is C23H24ClFN4O5S. The Bertz CT molecular complexity index is 1280. The van der Waals surface area contributed by atoms with E-state index in [-0.39, 0.29) is 46.8 Å². The van der Waals surface area contributed by atoms with Gasteiger partial charge in [0.05, 0.1) is 23.0 Å². The molecule has 0 saturated heterocycles. The Morgan fingerprint density at radius 2 is 2.03 bits per heavy atom. The van der Waals surface area contributed by atoms with Gasteiger partial charge in [-0.1, -0.05) is 41.9 Å². The Hall–Kier alpha value is -3.28. The van der Waals surface area contributed by atoms with Gasteiger partial charge in [0.2, 0.25) is 5.91 Å². The van der Waals surface area contributed by atoms with E-state index in [0.29, 0.717) is 12.1 Å². The fourth-order valence-corrected chi connectivity index (χ4v) is 5.05. The summed E-state index contributed by atoms with van der Waals surface area (Å²) in [6.45, 7) is 0.640. The number of hydrogen-bond donors (Lipinski definition) is 2. The van der Waals surface area contributed by atoms with Gasteiger partial charge < -0.3 is 10.0 Å². The summed E-state index contributed by atoms with van der Waals surface area (Å²) in [6, 6.07) is 10.4. The number of halogens is 2. The van der Waals surface area contributed by atoms with Gasteiger partial charge in [-0.15, -0.1) is 0 Å². The summed E-state index contributed by atoms with van der Waals surface area (Å²) < 4.78 is 39.3. The van der Waals surface area contributed by atoms with E-state index in [1.54, 1.807) is 18.2 Å². The van der Waals surface area contributed by atoms with Crippen molar-refractivity contribution < 1.29 is 27.5 Å². The average Bonchev–Trinajstić information content (AvgIpc) is 3.30. The number of nitrogens with zero attached hydrogens (tertiary/aromatic N) is 3. The molecule has 1 heterocycles. The van der Waals surface area contributed by atoms with Crippen molar-refractivity contribution in [2.45, 2.75) is 11.4 Å². The van der Waals surface area contributed by atoms with E-state index in [9.17, 15) is 27.5 Å². The predicted octanol–water partition coefficient (Wildman–Crippen LogP) is 2.75. The minimum atomic E-state index is -3.63. The van der Waals surface area contributed by atoms with Gasteiger partial charge in [-0.3, -0.25) is 20.0 Å². The van der Waals surface area contributed by atoms with Gasteiger partial charge >= 0.3 is 6.09 Å². The summed E-state index contributed by atoms with van der Waals surface area (Å²) in [7, 11) is -2.13. The zero-order valence-corrected chi connectivity index (χ0v) is 20.4. The molecule has 3 rings (SSSR count). The zero-order valence-electron chi connectivity index (χ0n) is 18.8. The number of benzene rings is 2. The third-order valence-electron chi connectivity index (χ3n) is 5.15. The van der Waals surface area contributed by atoms with E-state index in [2.05, 4.69) is 10.3 Å². The Kier molecular flexibility index (Phi) is 8.60. The molecule has 2 N–H and O–H groups in total. The van der Waals surface area contributed by atoms with Crippen LogP contribution in [0.2, 0.25) is 5.02 Å². The number of nitrogens with one attached hydrogen (secondary N) is 1. The quantitative estimate of drug-likeness (QED) is 0.386. The molecular weight excluding hydrogens is 499 g/mol. The number of hydrogen-bond acceptors (Lipinski definition) is 6. The van der Waals surface area contributed by atoms with Gasteiger partial charge in [-0.25, -0.2) is 17.6 Å². The Morgan fingerprint density at radius 1 is 1.29 bits per heavy atom. The van der Waals surface area contributed by atoms with Crippen LogP contribution in [0.25, 0.3) is 0 Å². The Labute approximate surface area is 207 Å². The first-order valence-electron chi connectivity index (χ1n) is 10.5. The second kappa shape index (κ2) is 11.4. The van der Waals surface area contributed by atoms with Gasteiger partial charge in [-0.2, -0.15) is 0 Å². The first-order valence-corrected chi connectivity index (χ1v) is 12.6. The maximum absolute atomic E-state index is 14.6. The standard InChI is InChI=1S/C23H24ClFN4O5S/c1-28(14-17-9-8-16(13-19(17)25)22-27-11-12-29(22)23(31)32)21(30)7-4-10-26-15-35(33,34)20-6-3-2-5-18(20)24/h2-9,13,26H,10-12,14-15H2,1H3,(H,31,32)/b7-4+. The summed E-state index contributed by atoms with van der Waals surface area (Å²) in [5.74, 6) is -1.15. The van der Waals surface area contributed by atoms with E-state index in [0.717, 1.165) is 4.90 Å². The van der Waals surface area contributed by atoms with E-state index in [1.165, 1.54) is 48.4 Å². The van der Waals surface area contributed by atoms with Crippen molar-refractivity contribution in [3.8, 4) is 0 Å². The fourth-order valence-electron chi connectivity index (χ4n) is 3.37. The van der Waals surface area contributed by atoms with Crippen LogP contribution in [0.15, 0.2) is 64.5 Å². The molecule has 0 atom stereocenters. The first-order chi connectivity index (χ1) is 16.6. The Balaban J connectivity index is 1.52. The molecule has 2 amide bonds. The van der Waals surface area contributed by atoms with Crippen LogP contribution in [0.1, 0.15) is 11.1 Å². The number of rotatable bonds is 9. The summed E-state index contributed by atoms with van der Waals surface area (Å²) in [5.41, 5.74) is 0.597. The largest absolute Gasteiger partial charge is 0.465 e. The zero-order chi connectivity index (χ0) is 25.6. The summed E-state index contributed by atoms with van der Waals surface area (Å²) >= 11 is 5.93.